The van der Waals surface area contributed by atoms with Crippen molar-refractivity contribution in [3.63, 3.8) is 0 Å². The highest BCUT2D eigenvalue weighted by atomic mass is 16.3. The first-order chi connectivity index (χ1) is 72.9. The third kappa shape index (κ3) is 12.7. The van der Waals surface area contributed by atoms with E-state index in [-0.39, 0.29) is 0 Å². The molecule has 0 radical (unpaired) electrons. The summed E-state index contributed by atoms with van der Waals surface area (Å²) in [5.41, 5.74) is 27.5. The van der Waals surface area contributed by atoms with Crippen LogP contribution in [-0.2, 0) is 0 Å². The number of rotatable bonds is 14. The maximum atomic E-state index is 6.16. The van der Waals surface area contributed by atoms with Gasteiger partial charge in [0, 0.05) is 127 Å². The highest BCUT2D eigenvalue weighted by Crippen LogP contribution is 2.54. The van der Waals surface area contributed by atoms with Crippen LogP contribution in [0.25, 0.3) is 245 Å². The number of benzene rings is 29. The van der Waals surface area contributed by atoms with Crippen LogP contribution in [0.5, 0.6) is 0 Å². The second-order valence-corrected chi connectivity index (χ2v) is 39.2. The standard InChI is InChI=1S/2C48H30N2.C44H26N2O/c1-2-12-37(13-3-1)49(38-26-23-32(24-27-38)36-22-19-31-9-4-5-10-35(31)29-36)39-14-7-15-40(30-39)50-43-18-8-17-42-41-16-6-11-33-20-21-34-25-28-44(50)48(47(42)43)46(34)45(33)41;1-2-11-37(12-3-1)49(38-23-20-32(21-24-38)36-19-16-31-8-4-5-9-35(31)30-36)39-25-27-40(28-26-39)50-43-15-7-14-42-41-13-6-10-33-17-18-34-22-29-44(50)48(47(42)43)46(34)45(33)41;1-2-9-29(10-3-1)45(32-23-25-40-36(26-32)33-11-4-5-15-39(33)47-40)30-19-21-31(22-20-30)46-37-14-7-13-35-34-12-6-8-27-16-17-28-18-24-38(46)44(43(35)37)42(28)41(27)34/h2*1-30H;1-26H. The average Bonchev–Trinajstić information content (AvgIpc) is 1.54. The van der Waals surface area contributed by atoms with Crippen molar-refractivity contribution < 1.29 is 4.42 Å². The lowest BCUT2D eigenvalue weighted by Crippen LogP contribution is -2.10. The summed E-state index contributed by atoms with van der Waals surface area (Å²) in [5, 5.41) is 39.3. The van der Waals surface area contributed by atoms with E-state index in [0.29, 0.717) is 0 Å². The van der Waals surface area contributed by atoms with Gasteiger partial charge < -0.3 is 32.8 Å². The van der Waals surface area contributed by atoms with Gasteiger partial charge in [-0.15, -0.1) is 0 Å². The number of para-hydroxylation sites is 4. The molecular formula is C140H86N6O. The largest absolute Gasteiger partial charge is 0.456 e. The van der Waals surface area contributed by atoms with Crippen molar-refractivity contribution >= 4 is 257 Å². The minimum Gasteiger partial charge on any atom is -0.456 e. The molecule has 0 saturated heterocycles. The molecule has 0 aliphatic heterocycles. The van der Waals surface area contributed by atoms with Gasteiger partial charge in [0.1, 0.15) is 11.2 Å². The fourth-order valence-electron chi connectivity index (χ4n) is 24.9. The van der Waals surface area contributed by atoms with Gasteiger partial charge in [-0.3, -0.25) is 0 Å². The van der Waals surface area contributed by atoms with E-state index in [1.54, 1.807) is 0 Å². The molecule has 0 amide bonds. The predicted octanol–water partition coefficient (Wildman–Crippen LogP) is 39.3. The third-order valence-corrected chi connectivity index (χ3v) is 31.4. The maximum Gasteiger partial charge on any atom is 0.135 e. The molecule has 0 saturated carbocycles. The van der Waals surface area contributed by atoms with Gasteiger partial charge in [0.05, 0.1) is 33.1 Å². The molecule has 4 aromatic heterocycles. The number of fused-ring (bicyclic) bond motifs is 8. The Kier molecular flexibility index (Phi) is 18.2. The smallest absolute Gasteiger partial charge is 0.135 e. The molecule has 0 spiro atoms. The van der Waals surface area contributed by atoms with Crippen molar-refractivity contribution in [3.05, 3.63) is 522 Å². The Morgan fingerprint density at radius 2 is 0.395 bits per heavy atom. The van der Waals surface area contributed by atoms with Crippen molar-refractivity contribution in [2.24, 2.45) is 0 Å². The van der Waals surface area contributed by atoms with E-state index in [4.69, 9.17) is 4.42 Å². The van der Waals surface area contributed by atoms with E-state index in [9.17, 15) is 0 Å². The van der Waals surface area contributed by atoms with Gasteiger partial charge in [-0.1, -0.05) is 322 Å². The van der Waals surface area contributed by atoms with Crippen LogP contribution in [0, 0.1) is 0 Å². The molecule has 33 aromatic rings. The Bertz CT molecular complexity index is 11000. The van der Waals surface area contributed by atoms with Gasteiger partial charge in [-0.05, 0) is 325 Å². The van der Waals surface area contributed by atoms with Crippen LogP contribution >= 0.6 is 0 Å². The van der Waals surface area contributed by atoms with E-state index in [0.717, 1.165) is 90.2 Å². The topological polar surface area (TPSA) is 37.6 Å². The number of aromatic nitrogens is 3. The second kappa shape index (κ2) is 32.5. The lowest BCUT2D eigenvalue weighted by Gasteiger charge is -2.26. The molecule has 33 rings (SSSR count). The zero-order chi connectivity index (χ0) is 96.2. The zero-order valence-electron chi connectivity index (χ0n) is 79.7. The summed E-state index contributed by atoms with van der Waals surface area (Å²) in [7, 11) is 0. The Labute approximate surface area is 844 Å². The van der Waals surface area contributed by atoms with Crippen LogP contribution in [0.1, 0.15) is 0 Å². The Hall–Kier alpha value is -19.6. The lowest BCUT2D eigenvalue weighted by molar-refractivity contribution is 0.669. The monoisotopic (exact) mass is 1870 g/mol. The predicted molar refractivity (Wildman–Crippen MR) is 624 cm³/mol. The molecule has 0 N–H and O–H groups in total. The van der Waals surface area contributed by atoms with E-state index in [1.165, 1.54) is 206 Å². The summed E-state index contributed by atoms with van der Waals surface area (Å²) >= 11 is 0. The van der Waals surface area contributed by atoms with Crippen molar-refractivity contribution in [3.8, 4) is 39.3 Å². The van der Waals surface area contributed by atoms with Crippen molar-refractivity contribution in [2.75, 3.05) is 14.7 Å². The van der Waals surface area contributed by atoms with Crippen LogP contribution < -0.4 is 14.7 Å². The molecule has 0 fully saturated rings. The van der Waals surface area contributed by atoms with E-state index >= 15 is 0 Å². The zero-order valence-corrected chi connectivity index (χ0v) is 79.7. The molecule has 0 bridgehead atoms. The lowest BCUT2D eigenvalue weighted by atomic mass is 9.89. The summed E-state index contributed by atoms with van der Waals surface area (Å²) in [5.74, 6) is 0. The molecule has 147 heavy (non-hydrogen) atoms. The van der Waals surface area contributed by atoms with E-state index in [1.807, 2.05) is 12.1 Å². The number of furan rings is 1. The molecule has 682 valence electrons. The first-order valence-corrected chi connectivity index (χ1v) is 50.6. The van der Waals surface area contributed by atoms with Gasteiger partial charge in [0.15, 0.2) is 0 Å². The van der Waals surface area contributed by atoms with Gasteiger partial charge in [0.25, 0.3) is 0 Å². The summed E-state index contributed by atoms with van der Waals surface area (Å²) in [6.07, 6.45) is 0. The number of hydrogen-bond acceptors (Lipinski definition) is 4. The van der Waals surface area contributed by atoms with Gasteiger partial charge in [-0.2, -0.15) is 0 Å². The Balaban J connectivity index is 0.0000001000. The number of hydrogen-bond donors (Lipinski definition) is 0. The fourth-order valence-corrected chi connectivity index (χ4v) is 24.9. The van der Waals surface area contributed by atoms with Gasteiger partial charge in [-0.25, -0.2) is 0 Å². The molecular weight excluding hydrogens is 1780 g/mol. The van der Waals surface area contributed by atoms with Crippen LogP contribution in [0.4, 0.5) is 51.2 Å². The molecule has 7 heteroatoms. The summed E-state index contributed by atoms with van der Waals surface area (Å²) in [4.78, 5) is 7.02. The first kappa shape index (κ1) is 82.2. The summed E-state index contributed by atoms with van der Waals surface area (Å²) in [6, 6.07) is 190. The minimum atomic E-state index is 0.897. The molecule has 29 aromatic carbocycles. The highest BCUT2D eigenvalue weighted by molar-refractivity contribution is 6.43. The van der Waals surface area contributed by atoms with Crippen molar-refractivity contribution in [2.45, 2.75) is 0 Å². The summed E-state index contributed by atoms with van der Waals surface area (Å²) in [6.45, 7) is 0. The normalized spacial score (nSPS) is 12.1. The summed E-state index contributed by atoms with van der Waals surface area (Å²) < 4.78 is 13.5. The molecule has 4 heterocycles. The Morgan fingerprint density at radius 3 is 0.810 bits per heavy atom. The fraction of sp³-hybridized carbons (Fsp3) is 0. The van der Waals surface area contributed by atoms with Crippen LogP contribution in [0.3, 0.4) is 0 Å². The first-order valence-electron chi connectivity index (χ1n) is 50.6. The average molecular weight is 1870 g/mol. The minimum absolute atomic E-state index is 0.897. The number of nitrogens with zero attached hydrogens (tertiary/aromatic N) is 6. The molecule has 0 aliphatic rings. The SMILES string of the molecule is c1ccc(N(c2ccc(-c3ccc4ccccc4c3)cc2)c2ccc(-n3c4cccc5c6cccc7ccc8ccc3c(c8c76)c54)cc2)cc1.c1ccc(N(c2ccc(-c3ccc4ccccc4c3)cc2)c2cccc(-n3c4cccc5c6cccc7ccc8ccc3c(c8c76)c54)c2)cc1.c1ccc(N(c2ccc(-n3c4cccc5c6cccc7ccc8ccc3c(c8c76)c54)cc2)c2ccc3oc4ccccc4c3c2)cc1. The van der Waals surface area contributed by atoms with Crippen LogP contribution in [-0.4, -0.2) is 13.7 Å². The van der Waals surface area contributed by atoms with Gasteiger partial charge in [0.2, 0.25) is 0 Å². The molecule has 7 nitrogen and oxygen atoms in total. The Morgan fingerprint density at radius 1 is 0.129 bits per heavy atom. The molecule has 0 unspecified atom stereocenters. The van der Waals surface area contributed by atoms with Crippen LogP contribution in [0.2, 0.25) is 0 Å². The van der Waals surface area contributed by atoms with Crippen molar-refractivity contribution in [1.82, 2.24) is 13.7 Å². The highest BCUT2D eigenvalue weighted by Gasteiger charge is 2.29. The molecule has 0 aliphatic carbocycles. The third-order valence-electron chi connectivity index (χ3n) is 31.4. The quantitative estimate of drug-likeness (QED) is 0.0803. The molecule has 0 atom stereocenters. The van der Waals surface area contributed by atoms with E-state index in [2.05, 4.69) is 538 Å². The number of anilines is 9. The maximum absolute atomic E-state index is 6.16. The van der Waals surface area contributed by atoms with Gasteiger partial charge >= 0.3 is 0 Å². The van der Waals surface area contributed by atoms with Crippen LogP contribution in [0.15, 0.2) is 526 Å². The van der Waals surface area contributed by atoms with E-state index < -0.39 is 0 Å². The van der Waals surface area contributed by atoms with Crippen molar-refractivity contribution in [1.29, 1.82) is 0 Å². The second-order valence-electron chi connectivity index (χ2n) is 39.2.